The number of nitrogens with zero attached hydrogens (tertiary/aromatic N) is 7. The number of hydrogen-bond donors (Lipinski definition) is 1. The molecule has 2 aliphatic heterocycles. The smallest absolute Gasteiger partial charge is 0.164 e. The van der Waals surface area contributed by atoms with Crippen molar-refractivity contribution in [2.24, 2.45) is 0 Å². The lowest BCUT2D eigenvalue weighted by atomic mass is 9.96. The van der Waals surface area contributed by atoms with Crippen molar-refractivity contribution in [3.05, 3.63) is 368 Å². The Kier molecular flexibility index (Phi) is 16.9. The van der Waals surface area contributed by atoms with Crippen molar-refractivity contribution in [1.29, 1.82) is 0 Å². The summed E-state index contributed by atoms with van der Waals surface area (Å²) in [7, 11) is 0. The van der Waals surface area contributed by atoms with Gasteiger partial charge >= 0.3 is 0 Å². The molecule has 6 heterocycles. The van der Waals surface area contributed by atoms with E-state index in [0.29, 0.717) is 34.9 Å². The topological polar surface area (TPSA) is 117 Å². The number of fused-ring (bicyclic) bond motifs is 14. The van der Waals surface area contributed by atoms with Crippen molar-refractivity contribution in [1.82, 2.24) is 39.5 Å². The van der Waals surface area contributed by atoms with Crippen LogP contribution in [0.1, 0.15) is 0 Å². The number of ether oxygens (including phenoxy) is 2. The van der Waals surface area contributed by atoms with Crippen LogP contribution in [0.2, 0.25) is 0 Å². The van der Waals surface area contributed by atoms with Crippen molar-refractivity contribution in [2.75, 3.05) is 0 Å². The van der Waals surface area contributed by atoms with E-state index in [4.69, 9.17) is 34.4 Å². The van der Waals surface area contributed by atoms with E-state index in [1.165, 1.54) is 22.1 Å². The molecule has 0 saturated heterocycles. The molecule has 2 aliphatic rings. The second-order valence-corrected chi connectivity index (χ2v) is 26.3. The zero-order valence-corrected chi connectivity index (χ0v) is 58.1. The van der Waals surface area contributed by atoms with Gasteiger partial charge in [0.1, 0.15) is 23.0 Å². The Balaban J connectivity index is 0.000000124. The maximum atomic E-state index is 6.63. The van der Waals surface area contributed by atoms with Crippen LogP contribution in [-0.4, -0.2) is 39.5 Å². The highest BCUT2D eigenvalue weighted by molar-refractivity contribution is 9.10. The summed E-state index contributed by atoms with van der Waals surface area (Å²) in [5.74, 6) is 7.33. The molecule has 10 nitrogen and oxygen atoms in total. The molecule has 14 aromatic carbocycles. The monoisotopic (exact) mass is 1410 g/mol. The van der Waals surface area contributed by atoms with E-state index in [-0.39, 0.29) is 0 Å². The van der Waals surface area contributed by atoms with Gasteiger partial charge in [-0.25, -0.2) is 29.9 Å². The summed E-state index contributed by atoms with van der Waals surface area (Å²) in [6, 6.07) is 124. The molecule has 1 N–H and O–H groups in total. The molecular weight excluding hydrogens is 1350 g/mol. The minimum Gasteiger partial charge on any atom is -0.456 e. The summed E-state index contributed by atoms with van der Waals surface area (Å²) in [6.45, 7) is 0. The van der Waals surface area contributed by atoms with Gasteiger partial charge in [-0.2, -0.15) is 0 Å². The van der Waals surface area contributed by atoms with E-state index in [9.17, 15) is 0 Å². The average molecular weight is 1410 g/mol. The van der Waals surface area contributed by atoms with Crippen LogP contribution in [0.4, 0.5) is 0 Å². The second-order valence-electron chi connectivity index (χ2n) is 25.4. The number of aromatic nitrogens is 8. The predicted molar refractivity (Wildman–Crippen MR) is 428 cm³/mol. The van der Waals surface area contributed by atoms with E-state index in [0.717, 1.165) is 133 Å². The maximum absolute atomic E-state index is 6.63. The molecule has 0 saturated carbocycles. The van der Waals surface area contributed by atoms with Gasteiger partial charge in [-0.15, -0.1) is 0 Å². The highest BCUT2D eigenvalue weighted by Crippen LogP contribution is 2.54. The number of halogens is 1. The van der Waals surface area contributed by atoms with Crippen molar-refractivity contribution < 1.29 is 9.47 Å². The molecule has 0 aliphatic carbocycles. The normalized spacial score (nSPS) is 11.4. The SMILES string of the molecule is Brc1ccc(-c2nc(-c3ccccc3)nc(-c3ccccc3)n2)cc1.c1ccc(-c2cccc3c4c([nH]c23)-c2ccccc2Oc2ccccc2-4)cc1.c1ccc(-c2nc(-c3ccccc3)nc(-c3ccc(-n4c5c(c6cccc(-c7ccccc7)c64)-c4ccccc4Oc4ccccc4-5)cc3)n2)cc1. The Morgan fingerprint density at radius 1 is 0.248 bits per heavy atom. The minimum absolute atomic E-state index is 0.619. The van der Waals surface area contributed by atoms with Gasteiger partial charge in [-0.05, 0) is 83.9 Å². The van der Waals surface area contributed by atoms with Gasteiger partial charge in [0, 0.05) is 98.8 Å². The molecule has 0 radical (unpaired) electrons. The number of nitrogens with one attached hydrogen (secondary N) is 1. The molecule has 11 heteroatoms. The van der Waals surface area contributed by atoms with E-state index in [1.54, 1.807) is 0 Å². The molecule has 18 aromatic rings. The summed E-state index contributed by atoms with van der Waals surface area (Å²) in [5.41, 5.74) is 22.6. The Morgan fingerprint density at radius 3 is 1.01 bits per heavy atom. The largest absolute Gasteiger partial charge is 0.456 e. The Labute approximate surface area is 615 Å². The number of aromatic amines is 1. The Bertz CT molecular complexity index is 6080. The lowest BCUT2D eigenvalue weighted by Crippen LogP contribution is -2.01. The average Bonchev–Trinajstić information content (AvgIpc) is 1.56. The number of H-pyrrole nitrogens is 1. The molecule has 0 amide bonds. The van der Waals surface area contributed by atoms with Crippen LogP contribution in [0.25, 0.3) is 163 Å². The summed E-state index contributed by atoms with van der Waals surface area (Å²) < 4.78 is 16.3. The lowest BCUT2D eigenvalue weighted by molar-refractivity contribution is 0.487. The summed E-state index contributed by atoms with van der Waals surface area (Å²) >= 11 is 3.47. The van der Waals surface area contributed by atoms with Gasteiger partial charge in [0.05, 0.1) is 22.4 Å². The van der Waals surface area contributed by atoms with Gasteiger partial charge < -0.3 is 19.0 Å². The molecule has 0 spiro atoms. The number of para-hydroxylation sites is 6. The highest BCUT2D eigenvalue weighted by Gasteiger charge is 2.31. The van der Waals surface area contributed by atoms with Crippen LogP contribution in [0.5, 0.6) is 23.0 Å². The lowest BCUT2D eigenvalue weighted by Gasteiger charge is -2.16. The van der Waals surface area contributed by atoms with Gasteiger partial charge in [0.2, 0.25) is 0 Å². The molecule has 0 unspecified atom stereocenters. The molecule has 0 atom stereocenters. The zero-order valence-electron chi connectivity index (χ0n) is 56.5. The molecule has 4 aromatic heterocycles. The molecular formula is C94H61BrN8O2. The van der Waals surface area contributed by atoms with Gasteiger partial charge in [-0.1, -0.05) is 307 Å². The second kappa shape index (κ2) is 28.0. The first-order valence-corrected chi connectivity index (χ1v) is 35.6. The van der Waals surface area contributed by atoms with E-state index < -0.39 is 0 Å². The third-order valence-corrected chi connectivity index (χ3v) is 19.5. The minimum atomic E-state index is 0.619. The fourth-order valence-electron chi connectivity index (χ4n) is 14.0. The predicted octanol–water partition coefficient (Wildman–Crippen LogP) is 24.8. The number of hydrogen-bond acceptors (Lipinski definition) is 8. The highest BCUT2D eigenvalue weighted by atomic mass is 79.9. The molecule has 20 rings (SSSR count). The van der Waals surface area contributed by atoms with Crippen molar-refractivity contribution in [2.45, 2.75) is 0 Å². The molecule has 0 fully saturated rings. The third kappa shape index (κ3) is 12.4. The first kappa shape index (κ1) is 63.4. The zero-order chi connectivity index (χ0) is 70.0. The van der Waals surface area contributed by atoms with Crippen LogP contribution < -0.4 is 9.47 Å². The number of rotatable bonds is 9. The van der Waals surface area contributed by atoms with Gasteiger partial charge in [0.25, 0.3) is 0 Å². The molecule has 496 valence electrons. The third-order valence-electron chi connectivity index (χ3n) is 18.9. The van der Waals surface area contributed by atoms with Crippen molar-refractivity contribution in [3.63, 3.8) is 0 Å². The van der Waals surface area contributed by atoms with Crippen LogP contribution in [-0.2, 0) is 0 Å². The molecule has 0 bridgehead atoms. The Hall–Kier alpha value is -13.7. The van der Waals surface area contributed by atoms with Crippen LogP contribution >= 0.6 is 15.9 Å². The fourth-order valence-corrected chi connectivity index (χ4v) is 14.3. The first-order valence-electron chi connectivity index (χ1n) is 34.8. The van der Waals surface area contributed by atoms with E-state index in [2.05, 4.69) is 212 Å². The molecule has 105 heavy (non-hydrogen) atoms. The fraction of sp³-hybridized carbons (Fsp3) is 0. The van der Waals surface area contributed by atoms with Crippen LogP contribution in [0.3, 0.4) is 0 Å². The maximum Gasteiger partial charge on any atom is 0.164 e. The summed E-state index contributed by atoms with van der Waals surface area (Å²) in [6.07, 6.45) is 0. The van der Waals surface area contributed by atoms with Gasteiger partial charge in [0.15, 0.2) is 34.9 Å². The first-order chi connectivity index (χ1) is 52.0. The van der Waals surface area contributed by atoms with Crippen molar-refractivity contribution in [3.8, 4) is 164 Å². The summed E-state index contributed by atoms with van der Waals surface area (Å²) in [5, 5.41) is 2.37. The van der Waals surface area contributed by atoms with Gasteiger partial charge in [-0.3, -0.25) is 0 Å². The van der Waals surface area contributed by atoms with Crippen LogP contribution in [0.15, 0.2) is 368 Å². The van der Waals surface area contributed by atoms with E-state index >= 15 is 0 Å². The van der Waals surface area contributed by atoms with Crippen LogP contribution in [0, 0.1) is 0 Å². The van der Waals surface area contributed by atoms with Crippen molar-refractivity contribution >= 4 is 37.7 Å². The standard InChI is InChI=1S/C47H30N4O.C26H17NO.C21H14BrN3/c1-4-15-31(16-5-1)36-23-14-24-39-42-37-21-10-12-25-40(37)52-41-26-13-11-22-38(41)44(42)51(43(36)39)35-29-27-34(28-30-35)47-49-45(32-17-6-2-7-18-32)48-46(50-47)33-19-8-3-9-20-33;1-2-9-17(10-3-1)18-13-8-14-21-24-19-11-4-6-15-22(19)28-23-16-7-5-12-20(23)26(24)27-25(18)21;22-18-13-11-17(12-14-18)21-24-19(15-7-3-1-4-8-15)23-20(25-21)16-9-5-2-6-10-16/h1-30H;1-16,27H;1-14H. The van der Waals surface area contributed by atoms with E-state index in [1.807, 2.05) is 182 Å². The number of benzene rings is 14. The Morgan fingerprint density at radius 2 is 0.562 bits per heavy atom. The quantitative estimate of drug-likeness (QED) is 0.152. The summed E-state index contributed by atoms with van der Waals surface area (Å²) in [4.78, 5) is 32.7.